The Morgan fingerprint density at radius 1 is 0.918 bits per heavy atom. The van der Waals surface area contributed by atoms with Crippen molar-refractivity contribution >= 4 is 91.6 Å². The molecule has 18 nitrogen and oxygen atoms in total. The van der Waals surface area contributed by atoms with E-state index in [1.54, 1.807) is 24.3 Å². The number of allylic oxidation sites excluding steroid dienone is 1. The van der Waals surface area contributed by atoms with Crippen molar-refractivity contribution in [2.45, 2.75) is 83.9 Å². The van der Waals surface area contributed by atoms with Crippen molar-refractivity contribution in [1.82, 2.24) is 9.89 Å². The molecular weight excluding hydrogens is 1170 g/mol. The quantitative estimate of drug-likeness (QED) is 0.0183. The van der Waals surface area contributed by atoms with E-state index in [0.29, 0.717) is 106 Å². The maximum absolute atomic E-state index is 14.9. The summed E-state index contributed by atoms with van der Waals surface area (Å²) in [5.41, 5.74) is 3.70. The molecular formula is C63H53Cl2N3O15S2-2. The smallest absolute Gasteiger partial charge is 0.339 e. The number of carbonyl (C=O) groups is 4. The Bertz CT molecular complexity index is 4340. The van der Waals surface area contributed by atoms with Crippen LogP contribution >= 0.6 is 35.2 Å². The topological polar surface area (TPSA) is 256 Å². The predicted molar refractivity (Wildman–Crippen MR) is 311 cm³/mol. The molecule has 13 rings (SSSR count). The molecule has 7 aliphatic heterocycles. The fourth-order valence-corrected chi connectivity index (χ4v) is 16.0. The van der Waals surface area contributed by atoms with Gasteiger partial charge in [0.1, 0.15) is 29.6 Å². The Balaban J connectivity index is 0.990. The van der Waals surface area contributed by atoms with Crippen LogP contribution < -0.4 is 45.2 Å². The number of aromatic carboxylic acids is 2. The van der Waals surface area contributed by atoms with Gasteiger partial charge >= 0.3 is 11.9 Å². The number of hydrogen-bond acceptors (Lipinski definition) is 16. The van der Waals surface area contributed by atoms with Crippen molar-refractivity contribution in [1.29, 1.82) is 0 Å². The first kappa shape index (κ1) is 56.8. The molecule has 85 heavy (non-hydrogen) atoms. The number of amides is 1. The SMILES string of the molecule is Cc1ccc2c(c1)OC1=C(CNC(=O)c3cc(Cl)c(C4=c5cc6c7c(c5Oc5c4cc4c8c5CCCN8C(C)(C)C=C4CSOO[O-])CCC[N+]=7C(C)(C)C=C6CS(=O)(=O)[O-])c(C(=O)[O-])c3Cl)C(C)C=CC1C21OC(=O)c2cc(C(=O)O)ccc21. The van der Waals surface area contributed by atoms with E-state index in [0.717, 1.165) is 40.0 Å². The molecule has 438 valence electrons. The molecule has 0 fully saturated rings. The molecule has 0 saturated carbocycles. The molecule has 0 saturated heterocycles. The maximum atomic E-state index is 14.9. The van der Waals surface area contributed by atoms with E-state index in [-0.39, 0.29) is 56.6 Å². The number of ether oxygens (including phenoxy) is 3. The predicted octanol–water partition coefficient (Wildman–Crippen LogP) is 6.99. The zero-order chi connectivity index (χ0) is 60.1. The normalized spacial score (nSPS) is 21.4. The second-order valence-electron chi connectivity index (χ2n) is 23.8. The number of benzene rings is 5. The summed E-state index contributed by atoms with van der Waals surface area (Å²) in [6, 6.07) is 14.6. The molecule has 1 aliphatic carbocycles. The molecule has 2 N–H and O–H groups in total. The van der Waals surface area contributed by atoms with Crippen LogP contribution in [0.2, 0.25) is 10.0 Å². The van der Waals surface area contributed by atoms with Gasteiger partial charge in [-0.15, -0.1) is 0 Å². The van der Waals surface area contributed by atoms with Crippen LogP contribution in [-0.4, -0.2) is 84.1 Å². The third-order valence-electron chi connectivity index (χ3n) is 17.8. The van der Waals surface area contributed by atoms with Crippen molar-refractivity contribution in [2.24, 2.45) is 11.8 Å². The highest BCUT2D eigenvalue weighted by Crippen LogP contribution is 2.59. The number of esters is 1. The van der Waals surface area contributed by atoms with Gasteiger partial charge in [0.15, 0.2) is 11.1 Å². The average molecular weight is 1230 g/mol. The van der Waals surface area contributed by atoms with Gasteiger partial charge in [0.2, 0.25) is 5.36 Å². The van der Waals surface area contributed by atoms with Crippen molar-refractivity contribution < 1.29 is 71.2 Å². The van der Waals surface area contributed by atoms with Crippen LogP contribution in [0.25, 0.3) is 16.7 Å². The molecule has 3 atom stereocenters. The lowest BCUT2D eigenvalue weighted by atomic mass is 9.69. The summed E-state index contributed by atoms with van der Waals surface area (Å²) in [7, 11) is -4.85. The molecule has 0 radical (unpaired) electrons. The Morgan fingerprint density at radius 2 is 1.68 bits per heavy atom. The number of rotatable bonds is 12. The highest BCUT2D eigenvalue weighted by atomic mass is 35.5. The minimum Gasteiger partial charge on any atom is -0.748 e. The van der Waals surface area contributed by atoms with Gasteiger partial charge in [-0.25, -0.2) is 22.6 Å². The number of nitrogens with zero attached hydrogens (tertiary/aromatic N) is 2. The number of fused-ring (bicyclic) bond motifs is 10. The summed E-state index contributed by atoms with van der Waals surface area (Å²) in [4.78, 5) is 57.2. The molecule has 0 bridgehead atoms. The molecule has 5 aromatic rings. The number of hydrogen-bond donors (Lipinski definition) is 2. The van der Waals surface area contributed by atoms with Crippen LogP contribution in [0.5, 0.6) is 17.2 Å². The Kier molecular flexibility index (Phi) is 13.5. The lowest BCUT2D eigenvalue weighted by Crippen LogP contribution is -2.53. The zero-order valence-electron chi connectivity index (χ0n) is 46.7. The van der Waals surface area contributed by atoms with Crippen molar-refractivity contribution in [2.75, 3.05) is 36.0 Å². The van der Waals surface area contributed by atoms with Gasteiger partial charge in [-0.3, -0.25) is 9.83 Å². The summed E-state index contributed by atoms with van der Waals surface area (Å²) in [6.07, 6.45) is 9.97. The Morgan fingerprint density at radius 3 is 2.42 bits per heavy atom. The minimum absolute atomic E-state index is 0.0864. The van der Waals surface area contributed by atoms with Gasteiger partial charge in [0.05, 0.1) is 76.8 Å². The highest BCUT2D eigenvalue weighted by Gasteiger charge is 2.58. The fraction of sp³-hybridized carbons (Fsp3) is 0.317. The second-order valence-corrected chi connectivity index (χ2v) is 26.6. The number of carboxylic acid groups (broad SMARTS) is 2. The van der Waals surface area contributed by atoms with Gasteiger partial charge in [0.25, 0.3) is 5.91 Å². The fourth-order valence-electron chi connectivity index (χ4n) is 14.3. The summed E-state index contributed by atoms with van der Waals surface area (Å²) in [6.45, 7) is 12.9. The molecule has 22 heteroatoms. The monoisotopic (exact) mass is 1230 g/mol. The maximum Gasteiger partial charge on any atom is 0.339 e. The first-order valence-corrected chi connectivity index (χ1v) is 30.9. The molecule has 8 aliphatic rings. The van der Waals surface area contributed by atoms with Crippen molar-refractivity contribution in [3.8, 4) is 17.2 Å². The van der Waals surface area contributed by atoms with E-state index in [1.807, 2.05) is 58.0 Å². The molecule has 7 heterocycles. The third kappa shape index (κ3) is 8.88. The van der Waals surface area contributed by atoms with Gasteiger partial charge in [-0.2, -0.15) is 4.33 Å². The van der Waals surface area contributed by atoms with E-state index < -0.39 is 72.9 Å². The number of aryl methyl sites for hydroxylation is 1. The van der Waals surface area contributed by atoms with Gasteiger partial charge in [0, 0.05) is 107 Å². The van der Waals surface area contributed by atoms with E-state index in [1.165, 1.54) is 18.2 Å². The van der Waals surface area contributed by atoms with Crippen LogP contribution in [-0.2, 0) is 42.7 Å². The summed E-state index contributed by atoms with van der Waals surface area (Å²) >= 11 is 15.6. The standard InChI is InChI=1S/C63H55Cl2N3O15S2/c1-29-11-14-44-47(19-29)79-56-42(30(2)12-15-45(56)63(44)43-16-13-31(58(70)71)20-38(43)60(74)81-63)26-66-57(69)41-23-46(64)49(50(51(41)65)59(72)73)48-39-21-36-32(27-84-83-82-75)24-61(3,4)67-17-7-9-34(52(36)67)54(39)80-55-35-10-8-18-68-53(35)37(22-40(48)55)33(25-62(68,5)6)28-85(76,77)78/h11-16,19-25,30,45H,7-10,17-18,26-28H2,1-6H3,(H4-,66,69,70,71,72,73,75,76,77,78)/p-2. The molecule has 1 amide bonds. The van der Waals surface area contributed by atoms with E-state index in [9.17, 15) is 47.6 Å². The first-order chi connectivity index (χ1) is 40.3. The summed E-state index contributed by atoms with van der Waals surface area (Å²) < 4.78 is 65.6. The molecule has 1 spiro atoms. The molecule has 3 unspecified atom stereocenters. The van der Waals surface area contributed by atoms with E-state index in [2.05, 4.69) is 39.8 Å². The third-order valence-corrected chi connectivity index (χ3v) is 19.7. The molecule has 5 aromatic carbocycles. The number of carboxylic acids is 2. The van der Waals surface area contributed by atoms with Gasteiger partial charge in [-0.1, -0.05) is 66.6 Å². The van der Waals surface area contributed by atoms with Crippen molar-refractivity contribution in [3.63, 3.8) is 0 Å². The lowest BCUT2D eigenvalue weighted by molar-refractivity contribution is -0.777. The summed E-state index contributed by atoms with van der Waals surface area (Å²) in [5, 5.41) is 42.0. The van der Waals surface area contributed by atoms with Crippen LogP contribution in [0.15, 0.2) is 90.2 Å². The summed E-state index contributed by atoms with van der Waals surface area (Å²) in [5.74, 6) is -4.84. The first-order valence-electron chi connectivity index (χ1n) is 27.6. The van der Waals surface area contributed by atoms with E-state index >= 15 is 0 Å². The Hall–Kier alpha value is -7.27. The van der Waals surface area contributed by atoms with Crippen LogP contribution in [0, 0.1) is 18.8 Å². The lowest BCUT2D eigenvalue weighted by Gasteiger charge is -2.47. The second kappa shape index (κ2) is 20.2. The zero-order valence-corrected chi connectivity index (χ0v) is 49.8. The number of halogens is 2. The van der Waals surface area contributed by atoms with Crippen LogP contribution in [0.1, 0.15) is 139 Å². The average Bonchev–Trinajstić information content (AvgIpc) is 1.68. The van der Waals surface area contributed by atoms with Crippen molar-refractivity contribution in [3.05, 3.63) is 183 Å². The van der Waals surface area contributed by atoms with Crippen LogP contribution in [0.4, 0.5) is 5.69 Å². The van der Waals surface area contributed by atoms with Gasteiger partial charge in [-0.05, 0) is 105 Å². The largest absolute Gasteiger partial charge is 0.748 e. The molecule has 0 aromatic heterocycles. The number of carbonyl (C=O) groups excluding carboxylic acids is 3. The minimum atomic E-state index is -4.85. The number of nitrogens with one attached hydrogen (secondary N) is 1. The number of anilines is 1. The van der Waals surface area contributed by atoms with Gasteiger partial charge < -0.3 is 49.2 Å². The van der Waals surface area contributed by atoms with E-state index in [4.69, 9.17) is 41.7 Å². The Labute approximate surface area is 502 Å². The van der Waals surface area contributed by atoms with Crippen LogP contribution in [0.3, 0.4) is 0 Å². The highest BCUT2D eigenvalue weighted by molar-refractivity contribution is 7.95.